The summed E-state index contributed by atoms with van der Waals surface area (Å²) in [4.78, 5) is 36.0. The van der Waals surface area contributed by atoms with Crippen LogP contribution in [-0.2, 0) is 14.4 Å². The third kappa shape index (κ3) is 2.07. The third-order valence-electron chi connectivity index (χ3n) is 3.90. The Balaban J connectivity index is 2.08. The molecule has 2 N–H and O–H groups in total. The van der Waals surface area contributed by atoms with Crippen molar-refractivity contribution in [2.24, 2.45) is 5.92 Å². The number of rotatable bonds is 3. The number of fused-ring (bicyclic) bond motifs is 2. The Hall–Kier alpha value is -1.59. The summed E-state index contributed by atoms with van der Waals surface area (Å²) < 4.78 is 0. The molecule has 2 saturated heterocycles. The predicted molar refractivity (Wildman–Crippen MR) is 62.7 cm³/mol. The lowest BCUT2D eigenvalue weighted by molar-refractivity contribution is -0.143. The fourth-order valence-corrected chi connectivity index (χ4v) is 3.19. The monoisotopic (exact) mass is 254 g/mol. The summed E-state index contributed by atoms with van der Waals surface area (Å²) in [5.74, 6) is -1.69. The van der Waals surface area contributed by atoms with Crippen molar-refractivity contribution in [2.45, 2.75) is 51.2 Å². The van der Waals surface area contributed by atoms with E-state index in [1.807, 2.05) is 0 Å². The summed E-state index contributed by atoms with van der Waals surface area (Å²) in [6.45, 7) is 3.00. The van der Waals surface area contributed by atoms with Crippen LogP contribution in [0.5, 0.6) is 0 Å². The van der Waals surface area contributed by atoms with E-state index in [1.54, 1.807) is 11.8 Å². The summed E-state index contributed by atoms with van der Waals surface area (Å²) in [5, 5.41) is 11.7. The molecule has 0 radical (unpaired) electrons. The smallest absolute Gasteiger partial charge is 0.308 e. The van der Waals surface area contributed by atoms with Crippen LogP contribution in [-0.4, -0.2) is 45.9 Å². The normalized spacial score (nSPS) is 31.2. The number of carboxylic acids is 1. The van der Waals surface area contributed by atoms with E-state index >= 15 is 0 Å². The van der Waals surface area contributed by atoms with Crippen molar-refractivity contribution in [2.75, 3.05) is 0 Å². The number of amides is 2. The van der Waals surface area contributed by atoms with E-state index < -0.39 is 17.9 Å². The highest BCUT2D eigenvalue weighted by Gasteiger charge is 2.51. The van der Waals surface area contributed by atoms with E-state index in [9.17, 15) is 14.4 Å². The molecule has 6 heteroatoms. The van der Waals surface area contributed by atoms with Crippen molar-refractivity contribution in [1.29, 1.82) is 0 Å². The van der Waals surface area contributed by atoms with E-state index in [4.69, 9.17) is 5.11 Å². The fourth-order valence-electron chi connectivity index (χ4n) is 3.19. The average Bonchev–Trinajstić information content (AvgIpc) is 2.83. The minimum absolute atomic E-state index is 0.0276. The molecule has 100 valence electrons. The third-order valence-corrected chi connectivity index (χ3v) is 3.90. The molecule has 0 aromatic carbocycles. The van der Waals surface area contributed by atoms with Crippen LogP contribution in [0.15, 0.2) is 0 Å². The highest BCUT2D eigenvalue weighted by molar-refractivity contribution is 5.88. The molecular weight excluding hydrogens is 236 g/mol. The number of carboxylic acid groups (broad SMARTS) is 1. The van der Waals surface area contributed by atoms with Gasteiger partial charge in [0.2, 0.25) is 11.8 Å². The number of carbonyl (C=O) groups excluding carboxylic acids is 2. The minimum Gasteiger partial charge on any atom is -0.481 e. The van der Waals surface area contributed by atoms with Crippen molar-refractivity contribution < 1.29 is 19.5 Å². The largest absolute Gasteiger partial charge is 0.481 e. The molecule has 0 aromatic heterocycles. The van der Waals surface area contributed by atoms with Crippen LogP contribution in [0.1, 0.15) is 33.1 Å². The van der Waals surface area contributed by atoms with Crippen molar-refractivity contribution in [3.8, 4) is 0 Å². The summed E-state index contributed by atoms with van der Waals surface area (Å²) in [6, 6.07) is -0.755. The summed E-state index contributed by atoms with van der Waals surface area (Å²) in [6.07, 6.45) is 2.16. The number of nitrogens with one attached hydrogen (secondary N) is 1. The van der Waals surface area contributed by atoms with Crippen LogP contribution in [0.3, 0.4) is 0 Å². The molecule has 2 heterocycles. The highest BCUT2D eigenvalue weighted by Crippen LogP contribution is 2.42. The molecule has 6 nitrogen and oxygen atoms in total. The van der Waals surface area contributed by atoms with Gasteiger partial charge in [0.15, 0.2) is 0 Å². The maximum Gasteiger partial charge on any atom is 0.308 e. The molecule has 2 fully saturated rings. The van der Waals surface area contributed by atoms with E-state index in [0.29, 0.717) is 6.42 Å². The first-order valence-electron chi connectivity index (χ1n) is 6.24. The Morgan fingerprint density at radius 2 is 2.00 bits per heavy atom. The zero-order valence-corrected chi connectivity index (χ0v) is 10.5. The van der Waals surface area contributed by atoms with Gasteiger partial charge < -0.3 is 15.3 Å². The first kappa shape index (κ1) is 12.9. The van der Waals surface area contributed by atoms with Crippen molar-refractivity contribution in [3.05, 3.63) is 0 Å². The first-order valence-corrected chi connectivity index (χ1v) is 6.24. The van der Waals surface area contributed by atoms with E-state index in [0.717, 1.165) is 12.8 Å². The molecule has 0 aromatic rings. The highest BCUT2D eigenvalue weighted by atomic mass is 16.4. The second-order valence-electron chi connectivity index (χ2n) is 5.15. The molecule has 18 heavy (non-hydrogen) atoms. The SMILES string of the molecule is CC(=O)NC(C)C(=O)N1C2CCC1C(C(=O)O)C2. The summed E-state index contributed by atoms with van der Waals surface area (Å²) >= 11 is 0. The van der Waals surface area contributed by atoms with Crippen LogP contribution in [0, 0.1) is 5.92 Å². The lowest BCUT2D eigenvalue weighted by atomic mass is 9.89. The maximum atomic E-state index is 12.2. The Labute approximate surface area is 105 Å². The van der Waals surface area contributed by atoms with Gasteiger partial charge >= 0.3 is 5.97 Å². The van der Waals surface area contributed by atoms with Crippen LogP contribution >= 0.6 is 0 Å². The first-order chi connectivity index (χ1) is 8.41. The fraction of sp³-hybridized carbons (Fsp3) is 0.750. The Morgan fingerprint density at radius 1 is 1.33 bits per heavy atom. The molecule has 2 aliphatic heterocycles. The molecule has 2 aliphatic rings. The topological polar surface area (TPSA) is 86.7 Å². The standard InChI is InChI=1S/C12H18N2O4/c1-6(13-7(2)15)11(16)14-8-3-4-10(14)9(5-8)12(17)18/h6,8-10H,3-5H2,1-2H3,(H,13,15)(H,17,18). The van der Waals surface area contributed by atoms with Crippen molar-refractivity contribution in [3.63, 3.8) is 0 Å². The second-order valence-corrected chi connectivity index (χ2v) is 5.15. The lowest BCUT2D eigenvalue weighted by Gasteiger charge is -2.26. The van der Waals surface area contributed by atoms with E-state index in [1.165, 1.54) is 6.92 Å². The van der Waals surface area contributed by atoms with Gasteiger partial charge in [-0.15, -0.1) is 0 Å². The number of carbonyl (C=O) groups is 3. The summed E-state index contributed by atoms with van der Waals surface area (Å²) in [5.41, 5.74) is 0. The maximum absolute atomic E-state index is 12.2. The molecule has 2 bridgehead atoms. The second kappa shape index (κ2) is 4.59. The van der Waals surface area contributed by atoms with E-state index in [2.05, 4.69) is 5.32 Å². The zero-order valence-electron chi connectivity index (χ0n) is 10.5. The molecule has 4 atom stereocenters. The zero-order chi connectivity index (χ0) is 13.4. The Kier molecular flexibility index (Phi) is 3.28. The van der Waals surface area contributed by atoms with Crippen LogP contribution < -0.4 is 5.32 Å². The Bertz CT molecular complexity index is 396. The van der Waals surface area contributed by atoms with Gasteiger partial charge in [-0.3, -0.25) is 14.4 Å². The van der Waals surface area contributed by atoms with Gasteiger partial charge in [0, 0.05) is 19.0 Å². The van der Waals surface area contributed by atoms with Gasteiger partial charge in [-0.2, -0.15) is 0 Å². The minimum atomic E-state index is -0.827. The molecule has 0 aliphatic carbocycles. The summed E-state index contributed by atoms with van der Waals surface area (Å²) in [7, 11) is 0. The van der Waals surface area contributed by atoms with Gasteiger partial charge in [-0.1, -0.05) is 0 Å². The van der Waals surface area contributed by atoms with Gasteiger partial charge in [0.05, 0.1) is 5.92 Å². The molecular formula is C12H18N2O4. The van der Waals surface area contributed by atoms with Gasteiger partial charge in [-0.25, -0.2) is 0 Å². The quantitative estimate of drug-likeness (QED) is 0.740. The van der Waals surface area contributed by atoms with Gasteiger partial charge in [-0.05, 0) is 26.2 Å². The number of aliphatic carboxylic acids is 1. The number of hydrogen-bond donors (Lipinski definition) is 2. The lowest BCUT2D eigenvalue weighted by Crippen LogP contribution is -2.49. The number of nitrogens with zero attached hydrogens (tertiary/aromatic N) is 1. The van der Waals surface area contributed by atoms with Gasteiger partial charge in [0.25, 0.3) is 0 Å². The Morgan fingerprint density at radius 3 is 2.50 bits per heavy atom. The molecule has 0 spiro atoms. The molecule has 2 amide bonds. The predicted octanol–water partition coefficient (Wildman–Crippen LogP) is -0.0249. The van der Waals surface area contributed by atoms with Crippen LogP contribution in [0.4, 0.5) is 0 Å². The van der Waals surface area contributed by atoms with Crippen molar-refractivity contribution >= 4 is 17.8 Å². The molecule has 0 saturated carbocycles. The van der Waals surface area contributed by atoms with Gasteiger partial charge in [0.1, 0.15) is 6.04 Å². The number of hydrogen-bond acceptors (Lipinski definition) is 3. The van der Waals surface area contributed by atoms with Crippen LogP contribution in [0.2, 0.25) is 0 Å². The average molecular weight is 254 g/mol. The van der Waals surface area contributed by atoms with E-state index in [-0.39, 0.29) is 23.9 Å². The van der Waals surface area contributed by atoms with Crippen molar-refractivity contribution in [1.82, 2.24) is 10.2 Å². The molecule has 4 unspecified atom stereocenters. The van der Waals surface area contributed by atoms with Crippen LogP contribution in [0.25, 0.3) is 0 Å². The molecule has 2 rings (SSSR count).